The Balaban J connectivity index is 1.81. The zero-order valence-electron chi connectivity index (χ0n) is 11.4. The average Bonchev–Trinajstić information content (AvgIpc) is 2.82. The Morgan fingerprint density at radius 1 is 1.42 bits per heavy atom. The fourth-order valence-electron chi connectivity index (χ4n) is 3.60. The average molecular weight is 259 g/mol. The summed E-state index contributed by atoms with van der Waals surface area (Å²) in [5.74, 6) is 1.15. The molecule has 1 saturated carbocycles. The van der Waals surface area contributed by atoms with Crippen molar-refractivity contribution in [3.63, 3.8) is 0 Å². The smallest absolute Gasteiger partial charge is 0.183 e. The van der Waals surface area contributed by atoms with Gasteiger partial charge >= 0.3 is 0 Å². The SMILES string of the molecule is Cc1ccnc(N)c1C(=O)C1CC2CCCCC2N1. The molecular weight excluding hydrogens is 238 g/mol. The van der Waals surface area contributed by atoms with E-state index >= 15 is 0 Å². The standard InChI is InChI=1S/C15H21N3O/c1-9-6-7-17-15(16)13(9)14(19)12-8-10-4-2-3-5-11(10)18-12/h6-7,10-12,18H,2-5,8H2,1H3,(H2,16,17). The molecule has 4 nitrogen and oxygen atoms in total. The molecule has 1 saturated heterocycles. The summed E-state index contributed by atoms with van der Waals surface area (Å²) in [6, 6.07) is 2.31. The molecular formula is C15H21N3O. The van der Waals surface area contributed by atoms with Crippen molar-refractivity contribution in [1.82, 2.24) is 10.3 Å². The molecule has 3 rings (SSSR count). The number of anilines is 1. The summed E-state index contributed by atoms with van der Waals surface area (Å²) in [6.45, 7) is 1.92. The van der Waals surface area contributed by atoms with Crippen molar-refractivity contribution < 1.29 is 4.79 Å². The van der Waals surface area contributed by atoms with Gasteiger partial charge in [0, 0.05) is 12.2 Å². The Bertz CT molecular complexity index is 466. The Hall–Kier alpha value is -1.42. The maximum atomic E-state index is 12.6. The molecule has 3 unspecified atom stereocenters. The first-order valence-electron chi connectivity index (χ1n) is 7.18. The van der Waals surface area contributed by atoms with Crippen LogP contribution in [0.2, 0.25) is 0 Å². The van der Waals surface area contributed by atoms with Crippen molar-refractivity contribution in [3.8, 4) is 0 Å². The van der Waals surface area contributed by atoms with Crippen LogP contribution in [0, 0.1) is 12.8 Å². The van der Waals surface area contributed by atoms with Crippen LogP contribution in [0.5, 0.6) is 0 Å². The molecule has 0 spiro atoms. The number of hydrogen-bond acceptors (Lipinski definition) is 4. The maximum Gasteiger partial charge on any atom is 0.183 e. The lowest BCUT2D eigenvalue weighted by Gasteiger charge is -2.24. The lowest BCUT2D eigenvalue weighted by molar-refractivity contribution is 0.0949. The molecule has 102 valence electrons. The molecule has 2 heterocycles. The van der Waals surface area contributed by atoms with Gasteiger partial charge in [0.05, 0.1) is 11.6 Å². The summed E-state index contributed by atoms with van der Waals surface area (Å²) >= 11 is 0. The number of nitrogen functional groups attached to an aromatic ring is 1. The van der Waals surface area contributed by atoms with Gasteiger partial charge in [-0.2, -0.15) is 0 Å². The topological polar surface area (TPSA) is 68.0 Å². The van der Waals surface area contributed by atoms with Crippen LogP contribution in [0.1, 0.15) is 48.0 Å². The summed E-state index contributed by atoms with van der Waals surface area (Å²) in [4.78, 5) is 16.7. The quantitative estimate of drug-likeness (QED) is 0.798. The first kappa shape index (κ1) is 12.6. The zero-order chi connectivity index (χ0) is 13.4. The number of Topliss-reactive ketones (excluding diaryl/α,β-unsaturated/α-hetero) is 1. The predicted molar refractivity (Wildman–Crippen MR) is 75.0 cm³/mol. The van der Waals surface area contributed by atoms with Gasteiger partial charge < -0.3 is 11.1 Å². The van der Waals surface area contributed by atoms with E-state index in [-0.39, 0.29) is 11.8 Å². The van der Waals surface area contributed by atoms with E-state index in [1.807, 2.05) is 13.0 Å². The van der Waals surface area contributed by atoms with Gasteiger partial charge in [-0.3, -0.25) is 4.79 Å². The second kappa shape index (κ2) is 4.93. The minimum absolute atomic E-state index is 0.0710. The number of aromatic nitrogens is 1. The molecule has 4 heteroatoms. The van der Waals surface area contributed by atoms with Gasteiger partial charge in [0.25, 0.3) is 0 Å². The summed E-state index contributed by atoms with van der Waals surface area (Å²) in [5.41, 5.74) is 7.41. The second-order valence-electron chi connectivity index (χ2n) is 5.86. The number of pyridine rings is 1. The van der Waals surface area contributed by atoms with Gasteiger partial charge in [-0.05, 0) is 43.7 Å². The molecule has 0 radical (unpaired) electrons. The molecule has 0 aromatic carbocycles. The van der Waals surface area contributed by atoms with E-state index < -0.39 is 0 Å². The van der Waals surface area contributed by atoms with Gasteiger partial charge in [0.15, 0.2) is 5.78 Å². The number of hydrogen-bond donors (Lipinski definition) is 2. The number of carbonyl (C=O) groups is 1. The molecule has 1 aromatic heterocycles. The Labute approximate surface area is 113 Å². The van der Waals surface area contributed by atoms with E-state index in [1.165, 1.54) is 25.7 Å². The third-order valence-electron chi connectivity index (χ3n) is 4.61. The highest BCUT2D eigenvalue weighted by atomic mass is 16.1. The summed E-state index contributed by atoms with van der Waals surface area (Å²) in [6.07, 6.45) is 7.65. The van der Waals surface area contributed by atoms with Crippen molar-refractivity contribution in [2.75, 3.05) is 5.73 Å². The van der Waals surface area contributed by atoms with Crippen LogP contribution in [0.3, 0.4) is 0 Å². The van der Waals surface area contributed by atoms with Crippen LogP contribution in [0.25, 0.3) is 0 Å². The van der Waals surface area contributed by atoms with Crippen LogP contribution in [-0.4, -0.2) is 22.9 Å². The fraction of sp³-hybridized carbons (Fsp3) is 0.600. The van der Waals surface area contributed by atoms with Crippen molar-refractivity contribution in [3.05, 3.63) is 23.4 Å². The number of rotatable bonds is 2. The van der Waals surface area contributed by atoms with E-state index in [1.54, 1.807) is 6.20 Å². The van der Waals surface area contributed by atoms with E-state index in [0.717, 1.165) is 12.0 Å². The van der Waals surface area contributed by atoms with E-state index in [0.29, 0.717) is 23.3 Å². The predicted octanol–water partition coefficient (Wildman–Crippen LogP) is 2.08. The molecule has 3 atom stereocenters. The monoisotopic (exact) mass is 259 g/mol. The molecule has 1 aliphatic heterocycles. The summed E-state index contributed by atoms with van der Waals surface area (Å²) < 4.78 is 0. The number of ketones is 1. The molecule has 0 amide bonds. The minimum Gasteiger partial charge on any atom is -0.383 e. The lowest BCUT2D eigenvalue weighted by Crippen LogP contribution is -2.37. The van der Waals surface area contributed by atoms with Gasteiger partial charge in [-0.1, -0.05) is 12.8 Å². The Morgan fingerprint density at radius 3 is 2.95 bits per heavy atom. The van der Waals surface area contributed by atoms with E-state index in [9.17, 15) is 4.79 Å². The Morgan fingerprint density at radius 2 is 2.21 bits per heavy atom. The first-order chi connectivity index (χ1) is 9.16. The highest BCUT2D eigenvalue weighted by Gasteiger charge is 2.39. The third kappa shape index (κ3) is 2.25. The van der Waals surface area contributed by atoms with E-state index in [4.69, 9.17) is 5.73 Å². The van der Waals surface area contributed by atoms with Gasteiger partial charge in [-0.15, -0.1) is 0 Å². The number of nitrogens with zero attached hydrogens (tertiary/aromatic N) is 1. The normalized spacial score (nSPS) is 30.1. The maximum absolute atomic E-state index is 12.6. The molecule has 2 fully saturated rings. The first-order valence-corrected chi connectivity index (χ1v) is 7.18. The summed E-state index contributed by atoms with van der Waals surface area (Å²) in [7, 11) is 0. The highest BCUT2D eigenvalue weighted by molar-refractivity contribution is 6.05. The zero-order valence-corrected chi connectivity index (χ0v) is 11.4. The molecule has 2 aliphatic rings. The van der Waals surface area contributed by atoms with Crippen molar-refractivity contribution >= 4 is 11.6 Å². The molecule has 1 aliphatic carbocycles. The number of aryl methyl sites for hydroxylation is 1. The van der Waals surface area contributed by atoms with Crippen molar-refractivity contribution in [2.45, 2.75) is 51.1 Å². The van der Waals surface area contributed by atoms with Gasteiger partial charge in [-0.25, -0.2) is 4.98 Å². The summed E-state index contributed by atoms with van der Waals surface area (Å²) in [5, 5.41) is 3.51. The lowest BCUT2D eigenvalue weighted by atomic mass is 9.84. The van der Waals surface area contributed by atoms with Gasteiger partial charge in [0.2, 0.25) is 0 Å². The van der Waals surface area contributed by atoms with Crippen LogP contribution >= 0.6 is 0 Å². The van der Waals surface area contributed by atoms with Crippen molar-refractivity contribution in [1.29, 1.82) is 0 Å². The third-order valence-corrected chi connectivity index (χ3v) is 4.61. The number of carbonyl (C=O) groups excluding carboxylic acids is 1. The number of fused-ring (bicyclic) bond motifs is 1. The molecule has 0 bridgehead atoms. The highest BCUT2D eigenvalue weighted by Crippen LogP contribution is 2.34. The minimum atomic E-state index is -0.0710. The molecule has 19 heavy (non-hydrogen) atoms. The van der Waals surface area contributed by atoms with Gasteiger partial charge in [0.1, 0.15) is 5.82 Å². The number of nitrogens with two attached hydrogens (primary N) is 1. The largest absolute Gasteiger partial charge is 0.383 e. The van der Waals surface area contributed by atoms with Crippen LogP contribution in [0.4, 0.5) is 5.82 Å². The van der Waals surface area contributed by atoms with Crippen LogP contribution < -0.4 is 11.1 Å². The van der Waals surface area contributed by atoms with Crippen LogP contribution in [0.15, 0.2) is 12.3 Å². The fourth-order valence-corrected chi connectivity index (χ4v) is 3.60. The van der Waals surface area contributed by atoms with E-state index in [2.05, 4.69) is 10.3 Å². The Kier molecular flexibility index (Phi) is 3.27. The molecule has 1 aromatic rings. The van der Waals surface area contributed by atoms with Crippen molar-refractivity contribution in [2.24, 2.45) is 5.92 Å². The van der Waals surface area contributed by atoms with Crippen LogP contribution in [-0.2, 0) is 0 Å². The second-order valence-corrected chi connectivity index (χ2v) is 5.86. The number of nitrogens with one attached hydrogen (secondary N) is 1. The molecule has 3 N–H and O–H groups in total.